The Morgan fingerprint density at radius 2 is 1.70 bits per heavy atom. The molecule has 2 rings (SSSR count). The van der Waals surface area contributed by atoms with Crippen LogP contribution in [-0.4, -0.2) is 14.3 Å². The van der Waals surface area contributed by atoms with Crippen molar-refractivity contribution in [2.75, 3.05) is 11.1 Å². The highest BCUT2D eigenvalue weighted by atomic mass is 32.2. The summed E-state index contributed by atoms with van der Waals surface area (Å²) in [7, 11) is -3.89. The van der Waals surface area contributed by atoms with E-state index in [1.807, 2.05) is 6.07 Å². The lowest BCUT2D eigenvalue weighted by molar-refractivity contribution is 0.102. The zero-order chi connectivity index (χ0) is 14.8. The van der Waals surface area contributed by atoms with Gasteiger partial charge in [0.2, 0.25) is 10.0 Å². The molecule has 20 heavy (non-hydrogen) atoms. The highest BCUT2D eigenvalue weighted by Gasteiger charge is 2.14. The quantitative estimate of drug-likeness (QED) is 0.736. The van der Waals surface area contributed by atoms with Gasteiger partial charge in [0.15, 0.2) is 0 Å². The van der Waals surface area contributed by atoms with Crippen LogP contribution in [-0.2, 0) is 10.0 Å². The minimum Gasteiger partial charge on any atom is -0.398 e. The third-order valence-electron chi connectivity index (χ3n) is 2.61. The third-order valence-corrected chi connectivity index (χ3v) is 3.59. The number of primary sulfonamides is 1. The molecule has 0 aliphatic rings. The molecule has 0 heterocycles. The highest BCUT2D eigenvalue weighted by Crippen LogP contribution is 2.19. The van der Waals surface area contributed by atoms with E-state index in [0.29, 0.717) is 5.69 Å². The fourth-order valence-electron chi connectivity index (χ4n) is 1.67. The maximum absolute atomic E-state index is 12.0. The summed E-state index contributed by atoms with van der Waals surface area (Å²) < 4.78 is 22.4. The number of para-hydroxylation sites is 1. The lowest BCUT2D eigenvalue weighted by Crippen LogP contribution is -2.16. The topological polar surface area (TPSA) is 115 Å². The van der Waals surface area contributed by atoms with Gasteiger partial charge in [0.05, 0.1) is 5.69 Å². The van der Waals surface area contributed by atoms with Crippen LogP contribution in [0.5, 0.6) is 0 Å². The monoisotopic (exact) mass is 291 g/mol. The molecule has 0 aliphatic heterocycles. The number of amides is 1. The number of nitrogens with one attached hydrogen (secondary N) is 1. The Labute approximate surface area is 116 Å². The van der Waals surface area contributed by atoms with Crippen LogP contribution in [0.25, 0.3) is 0 Å². The molecule has 2 aromatic carbocycles. The number of carbonyl (C=O) groups excluding carboxylic acids is 1. The second-order valence-electron chi connectivity index (χ2n) is 4.12. The van der Waals surface area contributed by atoms with Gasteiger partial charge in [-0.1, -0.05) is 18.2 Å². The summed E-state index contributed by atoms with van der Waals surface area (Å²) in [5, 5.41) is 7.67. The molecule has 104 valence electrons. The van der Waals surface area contributed by atoms with Crippen molar-refractivity contribution in [1.82, 2.24) is 0 Å². The van der Waals surface area contributed by atoms with Crippen LogP contribution in [0.2, 0.25) is 0 Å². The number of carbonyl (C=O) groups is 1. The fourth-order valence-corrected chi connectivity index (χ4v) is 2.32. The predicted molar refractivity (Wildman–Crippen MR) is 76.6 cm³/mol. The maximum atomic E-state index is 12.0. The molecule has 7 heteroatoms. The van der Waals surface area contributed by atoms with Gasteiger partial charge in [-0.25, -0.2) is 13.6 Å². The Hall–Kier alpha value is -2.38. The average molecular weight is 291 g/mol. The van der Waals surface area contributed by atoms with Crippen LogP contribution in [0.3, 0.4) is 0 Å². The molecular formula is C13H13N3O3S. The van der Waals surface area contributed by atoms with E-state index in [1.165, 1.54) is 18.2 Å². The summed E-state index contributed by atoms with van der Waals surface area (Å²) in [6.45, 7) is 0. The maximum Gasteiger partial charge on any atom is 0.255 e. The Bertz CT molecular complexity index is 743. The van der Waals surface area contributed by atoms with Gasteiger partial charge in [-0.3, -0.25) is 4.79 Å². The molecule has 1 amide bonds. The van der Waals surface area contributed by atoms with Crippen molar-refractivity contribution >= 4 is 27.3 Å². The van der Waals surface area contributed by atoms with E-state index in [2.05, 4.69) is 5.32 Å². The number of nitrogen functional groups attached to an aromatic ring is 1. The van der Waals surface area contributed by atoms with Crippen molar-refractivity contribution in [2.45, 2.75) is 4.90 Å². The van der Waals surface area contributed by atoms with Gasteiger partial charge < -0.3 is 11.1 Å². The van der Waals surface area contributed by atoms with Crippen molar-refractivity contribution in [3.63, 3.8) is 0 Å². The Morgan fingerprint density at radius 1 is 1.05 bits per heavy atom. The van der Waals surface area contributed by atoms with Gasteiger partial charge in [-0.2, -0.15) is 0 Å². The number of sulfonamides is 1. The summed E-state index contributed by atoms with van der Waals surface area (Å²) in [6.07, 6.45) is 0. The Balaban J connectivity index is 2.26. The highest BCUT2D eigenvalue weighted by molar-refractivity contribution is 7.89. The lowest BCUT2D eigenvalue weighted by Gasteiger charge is -2.08. The first-order valence-corrected chi connectivity index (χ1v) is 7.21. The molecule has 0 fully saturated rings. The molecule has 0 aromatic heterocycles. The predicted octanol–water partition coefficient (Wildman–Crippen LogP) is 1.17. The van der Waals surface area contributed by atoms with Crippen molar-refractivity contribution in [3.05, 3.63) is 54.1 Å². The normalized spacial score (nSPS) is 11.1. The minimum absolute atomic E-state index is 0.0618. The van der Waals surface area contributed by atoms with Gasteiger partial charge in [-0.15, -0.1) is 0 Å². The first-order valence-electron chi connectivity index (χ1n) is 5.66. The van der Waals surface area contributed by atoms with Crippen LogP contribution in [0, 0.1) is 0 Å². The molecule has 0 bridgehead atoms. The van der Waals surface area contributed by atoms with Crippen molar-refractivity contribution in [1.29, 1.82) is 0 Å². The van der Waals surface area contributed by atoms with E-state index in [4.69, 9.17) is 10.9 Å². The SMILES string of the molecule is Nc1cc(C(=O)Nc2ccccc2)ccc1S(N)(=O)=O. The summed E-state index contributed by atoms with van der Waals surface area (Å²) in [5.74, 6) is -0.385. The largest absolute Gasteiger partial charge is 0.398 e. The molecule has 0 spiro atoms. The molecule has 5 N–H and O–H groups in total. The van der Waals surface area contributed by atoms with E-state index in [1.54, 1.807) is 24.3 Å². The van der Waals surface area contributed by atoms with Gasteiger partial charge in [0.25, 0.3) is 5.91 Å². The van der Waals surface area contributed by atoms with Crippen molar-refractivity contribution < 1.29 is 13.2 Å². The second-order valence-corrected chi connectivity index (χ2v) is 5.65. The van der Waals surface area contributed by atoms with E-state index < -0.39 is 10.0 Å². The van der Waals surface area contributed by atoms with Gasteiger partial charge in [0, 0.05) is 11.3 Å². The molecule has 6 nitrogen and oxygen atoms in total. The summed E-state index contributed by atoms with van der Waals surface area (Å²) >= 11 is 0. The number of hydrogen-bond acceptors (Lipinski definition) is 4. The average Bonchev–Trinajstić information content (AvgIpc) is 2.38. The molecule has 0 unspecified atom stereocenters. The zero-order valence-corrected chi connectivity index (χ0v) is 11.2. The van der Waals surface area contributed by atoms with Crippen LogP contribution >= 0.6 is 0 Å². The number of hydrogen-bond donors (Lipinski definition) is 3. The molecule has 0 radical (unpaired) electrons. The Morgan fingerprint density at radius 3 is 2.25 bits per heavy atom. The molecule has 0 saturated carbocycles. The van der Waals surface area contributed by atoms with Gasteiger partial charge in [0.1, 0.15) is 4.90 Å². The third kappa shape index (κ3) is 3.14. The zero-order valence-electron chi connectivity index (χ0n) is 10.4. The van der Waals surface area contributed by atoms with E-state index >= 15 is 0 Å². The molecule has 0 atom stereocenters. The molecular weight excluding hydrogens is 278 g/mol. The number of rotatable bonds is 3. The summed E-state index contributed by atoms with van der Waals surface area (Å²) in [4.78, 5) is 11.8. The van der Waals surface area contributed by atoms with Gasteiger partial charge in [-0.05, 0) is 30.3 Å². The van der Waals surface area contributed by atoms with Crippen molar-refractivity contribution in [2.24, 2.45) is 5.14 Å². The number of nitrogens with two attached hydrogens (primary N) is 2. The first-order chi connectivity index (χ1) is 9.38. The number of anilines is 2. The van der Waals surface area contributed by atoms with Crippen LogP contribution in [0.15, 0.2) is 53.4 Å². The molecule has 2 aromatic rings. The van der Waals surface area contributed by atoms with Crippen LogP contribution < -0.4 is 16.2 Å². The standard InChI is InChI=1S/C13H13N3O3S/c14-11-8-9(6-7-12(11)20(15,18)19)13(17)16-10-4-2-1-3-5-10/h1-8H,14H2,(H,16,17)(H2,15,18,19). The van der Waals surface area contributed by atoms with Gasteiger partial charge >= 0.3 is 0 Å². The van der Waals surface area contributed by atoms with Crippen LogP contribution in [0.4, 0.5) is 11.4 Å². The van der Waals surface area contributed by atoms with E-state index in [9.17, 15) is 13.2 Å². The summed E-state index contributed by atoms with van der Waals surface area (Å²) in [6, 6.07) is 12.7. The smallest absolute Gasteiger partial charge is 0.255 e. The minimum atomic E-state index is -3.89. The van der Waals surface area contributed by atoms with E-state index in [0.717, 1.165) is 0 Å². The van der Waals surface area contributed by atoms with E-state index in [-0.39, 0.29) is 22.1 Å². The molecule has 0 aliphatic carbocycles. The summed E-state index contributed by atoms with van der Waals surface area (Å²) in [5.41, 5.74) is 6.42. The van der Waals surface area contributed by atoms with Crippen molar-refractivity contribution in [3.8, 4) is 0 Å². The first kappa shape index (κ1) is 14.0. The van der Waals surface area contributed by atoms with Crippen LogP contribution in [0.1, 0.15) is 10.4 Å². The molecule has 0 saturated heterocycles. The Kier molecular flexibility index (Phi) is 3.73. The fraction of sp³-hybridized carbons (Fsp3) is 0. The number of benzene rings is 2. The lowest BCUT2D eigenvalue weighted by atomic mass is 10.2. The second kappa shape index (κ2) is 5.32.